The monoisotopic (exact) mass is 365 g/mol. The number of aromatic nitrogens is 2. The molecule has 3 aromatic rings. The van der Waals surface area contributed by atoms with Crippen molar-refractivity contribution < 1.29 is 4.79 Å². The standard InChI is InChI=1S/C14H12ClN5OS2/c1-7-11(10-6-22-12(16)19-10)23-14(17-7)20-13(21)18-9-4-2-3-8(15)5-9/h2-6H,1H3,(H2,16,19)(H2,17,18,20,21). The fraction of sp³-hybridized carbons (Fsp3) is 0.0714. The summed E-state index contributed by atoms with van der Waals surface area (Å²) in [4.78, 5) is 21.5. The molecule has 0 saturated heterocycles. The predicted octanol–water partition coefficient (Wildman–Crippen LogP) is 4.45. The Morgan fingerprint density at radius 3 is 2.83 bits per heavy atom. The average Bonchev–Trinajstić information content (AvgIpc) is 3.04. The number of nitrogens with two attached hydrogens (primary N) is 1. The molecule has 2 heterocycles. The number of aryl methyl sites for hydroxylation is 1. The zero-order valence-electron chi connectivity index (χ0n) is 12.0. The van der Waals surface area contributed by atoms with Crippen molar-refractivity contribution in [3.05, 3.63) is 40.4 Å². The molecule has 0 aliphatic carbocycles. The molecule has 0 aliphatic rings. The fourth-order valence-electron chi connectivity index (χ4n) is 1.91. The lowest BCUT2D eigenvalue weighted by Crippen LogP contribution is -2.19. The van der Waals surface area contributed by atoms with Crippen LogP contribution in [-0.4, -0.2) is 16.0 Å². The molecule has 0 atom stereocenters. The highest BCUT2D eigenvalue weighted by Crippen LogP contribution is 2.33. The van der Waals surface area contributed by atoms with Crippen molar-refractivity contribution in [1.29, 1.82) is 0 Å². The van der Waals surface area contributed by atoms with Crippen LogP contribution in [0.1, 0.15) is 5.69 Å². The molecule has 0 aliphatic heterocycles. The van der Waals surface area contributed by atoms with Crippen molar-refractivity contribution in [2.24, 2.45) is 0 Å². The minimum atomic E-state index is -0.384. The lowest BCUT2D eigenvalue weighted by atomic mass is 10.3. The van der Waals surface area contributed by atoms with E-state index >= 15 is 0 Å². The summed E-state index contributed by atoms with van der Waals surface area (Å²) in [5.41, 5.74) is 7.82. The summed E-state index contributed by atoms with van der Waals surface area (Å²) in [6, 6.07) is 6.53. The molecule has 0 fully saturated rings. The average molecular weight is 366 g/mol. The van der Waals surface area contributed by atoms with Crippen LogP contribution in [-0.2, 0) is 0 Å². The second kappa shape index (κ2) is 6.53. The number of nitrogens with zero attached hydrogens (tertiary/aromatic N) is 2. The molecule has 2 amide bonds. The first-order valence-electron chi connectivity index (χ1n) is 6.53. The number of halogens is 1. The number of urea groups is 1. The van der Waals surface area contributed by atoms with Gasteiger partial charge < -0.3 is 11.1 Å². The van der Waals surface area contributed by atoms with Gasteiger partial charge >= 0.3 is 6.03 Å². The maximum absolute atomic E-state index is 12.0. The van der Waals surface area contributed by atoms with Crippen molar-refractivity contribution in [1.82, 2.24) is 9.97 Å². The van der Waals surface area contributed by atoms with E-state index in [2.05, 4.69) is 20.6 Å². The largest absolute Gasteiger partial charge is 0.375 e. The first-order chi connectivity index (χ1) is 11.0. The fourth-order valence-corrected chi connectivity index (χ4v) is 3.65. The molecular weight excluding hydrogens is 354 g/mol. The van der Waals surface area contributed by atoms with Crippen molar-refractivity contribution in [2.75, 3.05) is 16.4 Å². The Labute approximate surface area is 145 Å². The number of thiazole rings is 2. The van der Waals surface area contributed by atoms with Crippen LogP contribution >= 0.6 is 34.3 Å². The van der Waals surface area contributed by atoms with Crippen LogP contribution in [0, 0.1) is 6.92 Å². The zero-order chi connectivity index (χ0) is 16.4. The first kappa shape index (κ1) is 15.7. The third-order valence-electron chi connectivity index (χ3n) is 2.85. The molecule has 9 heteroatoms. The number of hydrogen-bond donors (Lipinski definition) is 3. The number of nitrogen functional groups attached to an aromatic ring is 1. The van der Waals surface area contributed by atoms with Crippen molar-refractivity contribution >= 4 is 56.3 Å². The second-order valence-corrected chi connectivity index (χ2v) is 6.92. The summed E-state index contributed by atoms with van der Waals surface area (Å²) in [6.45, 7) is 1.86. The number of carbonyl (C=O) groups is 1. The van der Waals surface area contributed by atoms with E-state index in [0.29, 0.717) is 21.0 Å². The number of rotatable bonds is 3. The molecule has 23 heavy (non-hydrogen) atoms. The van der Waals surface area contributed by atoms with Gasteiger partial charge in [0.1, 0.15) is 0 Å². The molecule has 6 nitrogen and oxygen atoms in total. The van der Waals surface area contributed by atoms with Gasteiger partial charge in [-0.2, -0.15) is 0 Å². The zero-order valence-corrected chi connectivity index (χ0v) is 14.4. The van der Waals surface area contributed by atoms with Crippen LogP contribution in [0.3, 0.4) is 0 Å². The normalized spacial score (nSPS) is 10.5. The molecule has 0 unspecified atom stereocenters. The van der Waals surface area contributed by atoms with E-state index in [0.717, 1.165) is 16.3 Å². The number of hydrogen-bond acceptors (Lipinski definition) is 6. The van der Waals surface area contributed by atoms with Gasteiger partial charge in [-0.3, -0.25) is 5.32 Å². The molecule has 0 saturated carbocycles. The Bertz CT molecular complexity index is 860. The van der Waals surface area contributed by atoms with Crippen LogP contribution in [0.4, 0.5) is 20.7 Å². The van der Waals surface area contributed by atoms with Gasteiger partial charge in [0.15, 0.2) is 10.3 Å². The Morgan fingerprint density at radius 1 is 1.30 bits per heavy atom. The van der Waals surface area contributed by atoms with Gasteiger partial charge in [0.25, 0.3) is 0 Å². The van der Waals surface area contributed by atoms with E-state index in [1.165, 1.54) is 22.7 Å². The Hall–Kier alpha value is -2.16. The van der Waals surface area contributed by atoms with Gasteiger partial charge in [0.05, 0.1) is 16.3 Å². The Morgan fingerprint density at radius 2 is 2.13 bits per heavy atom. The number of benzene rings is 1. The third kappa shape index (κ3) is 3.79. The van der Waals surface area contributed by atoms with Crippen LogP contribution in [0.15, 0.2) is 29.6 Å². The van der Waals surface area contributed by atoms with Crippen LogP contribution in [0.2, 0.25) is 5.02 Å². The molecule has 2 aromatic heterocycles. The summed E-state index contributed by atoms with van der Waals surface area (Å²) in [5.74, 6) is 0. The summed E-state index contributed by atoms with van der Waals surface area (Å²) in [5, 5.41) is 8.82. The van der Waals surface area contributed by atoms with Gasteiger partial charge in [0.2, 0.25) is 0 Å². The maximum Gasteiger partial charge on any atom is 0.325 e. The maximum atomic E-state index is 12.0. The highest BCUT2D eigenvalue weighted by Gasteiger charge is 2.14. The summed E-state index contributed by atoms with van der Waals surface area (Å²) in [6.07, 6.45) is 0. The minimum Gasteiger partial charge on any atom is -0.375 e. The molecule has 1 aromatic carbocycles. The lowest BCUT2D eigenvalue weighted by Gasteiger charge is -2.05. The highest BCUT2D eigenvalue weighted by atomic mass is 35.5. The smallest absolute Gasteiger partial charge is 0.325 e. The summed E-state index contributed by atoms with van der Waals surface area (Å²) >= 11 is 8.60. The number of amides is 2. The molecule has 0 bridgehead atoms. The van der Waals surface area contributed by atoms with Crippen LogP contribution < -0.4 is 16.4 Å². The van der Waals surface area contributed by atoms with E-state index < -0.39 is 0 Å². The number of carbonyl (C=O) groups excluding carboxylic acids is 1. The minimum absolute atomic E-state index is 0.384. The van der Waals surface area contributed by atoms with E-state index in [1.54, 1.807) is 24.3 Å². The molecule has 118 valence electrons. The lowest BCUT2D eigenvalue weighted by molar-refractivity contribution is 0.262. The van der Waals surface area contributed by atoms with E-state index in [1.807, 2.05) is 12.3 Å². The number of anilines is 3. The van der Waals surface area contributed by atoms with Gasteiger partial charge in [-0.15, -0.1) is 11.3 Å². The highest BCUT2D eigenvalue weighted by molar-refractivity contribution is 7.19. The molecule has 0 spiro atoms. The van der Waals surface area contributed by atoms with Gasteiger partial charge in [-0.25, -0.2) is 14.8 Å². The molecule has 4 N–H and O–H groups in total. The predicted molar refractivity (Wildman–Crippen MR) is 96.5 cm³/mol. The summed E-state index contributed by atoms with van der Waals surface area (Å²) in [7, 11) is 0. The van der Waals surface area contributed by atoms with E-state index in [9.17, 15) is 4.79 Å². The van der Waals surface area contributed by atoms with E-state index in [4.69, 9.17) is 17.3 Å². The SMILES string of the molecule is Cc1nc(NC(=O)Nc2cccc(Cl)c2)sc1-c1csc(N)n1. The third-order valence-corrected chi connectivity index (χ3v) is 4.86. The van der Waals surface area contributed by atoms with Gasteiger partial charge in [0, 0.05) is 16.1 Å². The van der Waals surface area contributed by atoms with Crippen LogP contribution in [0.25, 0.3) is 10.6 Å². The van der Waals surface area contributed by atoms with Gasteiger partial charge in [-0.1, -0.05) is 29.0 Å². The van der Waals surface area contributed by atoms with Crippen LogP contribution in [0.5, 0.6) is 0 Å². The number of nitrogens with one attached hydrogen (secondary N) is 2. The summed E-state index contributed by atoms with van der Waals surface area (Å²) < 4.78 is 0. The topological polar surface area (TPSA) is 92.9 Å². The van der Waals surface area contributed by atoms with Crippen molar-refractivity contribution in [2.45, 2.75) is 6.92 Å². The van der Waals surface area contributed by atoms with Crippen molar-refractivity contribution in [3.63, 3.8) is 0 Å². The van der Waals surface area contributed by atoms with Gasteiger partial charge in [-0.05, 0) is 25.1 Å². The Balaban J connectivity index is 1.72. The quantitative estimate of drug-likeness (QED) is 0.639. The Kier molecular flexibility index (Phi) is 4.46. The van der Waals surface area contributed by atoms with E-state index in [-0.39, 0.29) is 6.03 Å². The molecule has 0 radical (unpaired) electrons. The first-order valence-corrected chi connectivity index (χ1v) is 8.61. The van der Waals surface area contributed by atoms with Crippen molar-refractivity contribution in [3.8, 4) is 10.6 Å². The molecular formula is C14H12ClN5OS2. The second-order valence-electron chi connectivity index (χ2n) is 4.59. The molecule has 3 rings (SSSR count).